The summed E-state index contributed by atoms with van der Waals surface area (Å²) in [7, 11) is 0. The van der Waals surface area contributed by atoms with Crippen molar-refractivity contribution in [1.82, 2.24) is 9.97 Å². The van der Waals surface area contributed by atoms with E-state index in [0.717, 1.165) is 24.2 Å². The normalized spacial score (nSPS) is 16.1. The lowest BCUT2D eigenvalue weighted by Crippen LogP contribution is -2.23. The number of pyridine rings is 1. The molecule has 0 N–H and O–H groups in total. The lowest BCUT2D eigenvalue weighted by Gasteiger charge is -2.30. The summed E-state index contributed by atoms with van der Waals surface area (Å²) in [5.41, 5.74) is 3.52. The van der Waals surface area contributed by atoms with Crippen molar-refractivity contribution in [3.05, 3.63) is 45.4 Å². The molecule has 4 heteroatoms. The van der Waals surface area contributed by atoms with Crippen LogP contribution >= 0.6 is 11.3 Å². The molecule has 2 aromatic heterocycles. The van der Waals surface area contributed by atoms with E-state index in [-0.39, 0.29) is 0 Å². The molecule has 102 valence electrons. The van der Waals surface area contributed by atoms with Crippen LogP contribution in [0.15, 0.2) is 17.5 Å². The van der Waals surface area contributed by atoms with Crippen LogP contribution < -0.4 is 0 Å². The molecular weight excluding hydrogens is 271 g/mol. The number of hydrogen-bond donors (Lipinski definition) is 0. The zero-order chi connectivity index (χ0) is 14.2. The first-order chi connectivity index (χ1) is 9.52. The first-order valence-corrected chi connectivity index (χ1v) is 7.52. The summed E-state index contributed by atoms with van der Waals surface area (Å²) in [6.45, 7) is 4.54. The van der Waals surface area contributed by atoms with Crippen molar-refractivity contribution in [1.29, 1.82) is 0 Å². The Morgan fingerprint density at radius 1 is 1.25 bits per heavy atom. The molecule has 0 aliphatic heterocycles. The minimum atomic E-state index is -0.473. The molecule has 3 rings (SSSR count). The summed E-state index contributed by atoms with van der Waals surface area (Å²) >= 11 is 1.21. The molecule has 2 heterocycles. The van der Waals surface area contributed by atoms with E-state index in [1.165, 1.54) is 28.7 Å². The van der Waals surface area contributed by atoms with Crippen LogP contribution in [-0.2, 0) is 12.8 Å². The predicted molar refractivity (Wildman–Crippen MR) is 78.1 cm³/mol. The van der Waals surface area contributed by atoms with E-state index in [9.17, 15) is 4.39 Å². The maximum absolute atomic E-state index is 12.8. The van der Waals surface area contributed by atoms with Gasteiger partial charge in [-0.05, 0) is 48.1 Å². The van der Waals surface area contributed by atoms with Crippen molar-refractivity contribution in [3.63, 3.8) is 0 Å². The zero-order valence-electron chi connectivity index (χ0n) is 11.5. The van der Waals surface area contributed by atoms with Crippen LogP contribution in [-0.4, -0.2) is 9.97 Å². The monoisotopic (exact) mass is 286 g/mol. The van der Waals surface area contributed by atoms with E-state index >= 15 is 0 Å². The molecule has 2 nitrogen and oxygen atoms in total. The first kappa shape index (κ1) is 13.3. The lowest BCUT2D eigenvalue weighted by molar-refractivity contribution is 0.310. The van der Waals surface area contributed by atoms with Gasteiger partial charge in [0, 0.05) is 11.1 Å². The molecule has 20 heavy (non-hydrogen) atoms. The van der Waals surface area contributed by atoms with E-state index in [0.29, 0.717) is 10.4 Å². The Bertz CT molecular complexity index is 707. The smallest absolute Gasteiger partial charge is 0.224 e. The van der Waals surface area contributed by atoms with Gasteiger partial charge in [-0.25, -0.2) is 4.98 Å². The number of hydrogen-bond acceptors (Lipinski definition) is 3. The fraction of sp³-hybridized carbons (Fsp3) is 0.375. The second-order valence-electron chi connectivity index (χ2n) is 5.87. The van der Waals surface area contributed by atoms with Gasteiger partial charge in [-0.1, -0.05) is 19.9 Å². The van der Waals surface area contributed by atoms with Gasteiger partial charge in [0.25, 0.3) is 0 Å². The fourth-order valence-electron chi connectivity index (χ4n) is 2.42. The Hall–Kier alpha value is -1.73. The Balaban J connectivity index is 1.88. The Labute approximate surface area is 122 Å². The third-order valence-electron chi connectivity index (χ3n) is 3.56. The summed E-state index contributed by atoms with van der Waals surface area (Å²) in [5.74, 6) is 5.36. The van der Waals surface area contributed by atoms with Gasteiger partial charge in [0.15, 0.2) is 5.01 Å². The number of nitrogens with zero attached hydrogens (tertiary/aromatic N) is 2. The first-order valence-electron chi connectivity index (χ1n) is 6.64. The van der Waals surface area contributed by atoms with Crippen LogP contribution in [0.3, 0.4) is 0 Å². The highest BCUT2D eigenvalue weighted by atomic mass is 32.1. The molecule has 0 aromatic carbocycles. The molecule has 0 saturated carbocycles. The van der Waals surface area contributed by atoms with Gasteiger partial charge in [-0.2, -0.15) is 9.37 Å². The molecular formula is C16H15FN2S. The molecule has 1 aliphatic carbocycles. The molecule has 0 spiro atoms. The fourth-order valence-corrected chi connectivity index (χ4v) is 2.94. The maximum Gasteiger partial charge on any atom is 0.224 e. The molecule has 0 saturated heterocycles. The van der Waals surface area contributed by atoms with Gasteiger partial charge in [0.05, 0.1) is 0 Å². The largest absolute Gasteiger partial charge is 0.244 e. The van der Waals surface area contributed by atoms with Crippen LogP contribution in [0, 0.1) is 23.2 Å². The second kappa shape index (κ2) is 4.99. The molecule has 0 radical (unpaired) electrons. The summed E-state index contributed by atoms with van der Waals surface area (Å²) in [4.78, 5) is 8.33. The highest BCUT2D eigenvalue weighted by Crippen LogP contribution is 2.33. The van der Waals surface area contributed by atoms with Crippen molar-refractivity contribution in [3.8, 4) is 11.8 Å². The van der Waals surface area contributed by atoms with Crippen molar-refractivity contribution < 1.29 is 4.39 Å². The molecule has 2 aromatic rings. The summed E-state index contributed by atoms with van der Waals surface area (Å²) in [5, 5.41) is 1.84. The quantitative estimate of drug-likeness (QED) is 0.692. The lowest BCUT2D eigenvalue weighted by atomic mass is 9.76. The van der Waals surface area contributed by atoms with Gasteiger partial charge in [-0.3, -0.25) is 0 Å². The van der Waals surface area contributed by atoms with Crippen LogP contribution in [0.25, 0.3) is 0 Å². The maximum atomic E-state index is 12.8. The van der Waals surface area contributed by atoms with Gasteiger partial charge in [0.1, 0.15) is 5.69 Å². The molecule has 0 amide bonds. The third kappa shape index (κ3) is 2.88. The van der Waals surface area contributed by atoms with E-state index in [1.54, 1.807) is 0 Å². The molecule has 0 atom stereocenters. The van der Waals surface area contributed by atoms with Crippen LogP contribution in [0.5, 0.6) is 0 Å². The third-order valence-corrected chi connectivity index (χ3v) is 4.29. The average Bonchev–Trinajstić information content (AvgIpc) is 2.80. The van der Waals surface area contributed by atoms with E-state index < -0.39 is 5.95 Å². The molecule has 0 fully saturated rings. The van der Waals surface area contributed by atoms with E-state index in [2.05, 4.69) is 41.7 Å². The Kier molecular flexibility index (Phi) is 3.31. The minimum absolute atomic E-state index is 0.310. The number of thiazole rings is 1. The molecule has 0 bridgehead atoms. The van der Waals surface area contributed by atoms with Crippen molar-refractivity contribution in [2.75, 3.05) is 0 Å². The zero-order valence-corrected chi connectivity index (χ0v) is 12.4. The standard InChI is InChI=1S/C16H15FN2S/c1-16(2)8-7-11-3-4-12(18-13(11)9-16)5-6-15-19-14(17)10-20-15/h3-4,10H,7-9H2,1-2H3. The SMILES string of the molecule is CC1(C)CCc2ccc(C#Cc3nc(F)cs3)nc2C1. The van der Waals surface area contributed by atoms with Crippen LogP contribution in [0.2, 0.25) is 0 Å². The number of rotatable bonds is 0. The van der Waals surface area contributed by atoms with Gasteiger partial charge >= 0.3 is 0 Å². The summed E-state index contributed by atoms with van der Waals surface area (Å²) in [6.07, 6.45) is 3.27. The van der Waals surface area contributed by atoms with Crippen molar-refractivity contribution in [2.24, 2.45) is 5.41 Å². The molecule has 1 aliphatic rings. The number of fused-ring (bicyclic) bond motifs is 1. The van der Waals surface area contributed by atoms with E-state index in [4.69, 9.17) is 0 Å². The van der Waals surface area contributed by atoms with Gasteiger partial charge in [0.2, 0.25) is 5.95 Å². The topological polar surface area (TPSA) is 25.8 Å². The number of halogens is 1. The highest BCUT2D eigenvalue weighted by molar-refractivity contribution is 7.10. The molecule has 0 unspecified atom stereocenters. The second-order valence-corrected chi connectivity index (χ2v) is 6.73. The number of aromatic nitrogens is 2. The number of aryl methyl sites for hydroxylation is 1. The summed E-state index contributed by atoms with van der Waals surface area (Å²) in [6, 6.07) is 4.05. The van der Waals surface area contributed by atoms with Gasteiger partial charge in [-0.15, -0.1) is 11.3 Å². The summed E-state index contributed by atoms with van der Waals surface area (Å²) < 4.78 is 12.8. The predicted octanol–water partition coefficient (Wildman–Crippen LogP) is 3.59. The van der Waals surface area contributed by atoms with Crippen LogP contribution in [0.1, 0.15) is 42.2 Å². The minimum Gasteiger partial charge on any atom is -0.244 e. The Morgan fingerprint density at radius 2 is 2.10 bits per heavy atom. The van der Waals surface area contributed by atoms with Crippen molar-refractivity contribution in [2.45, 2.75) is 33.1 Å². The van der Waals surface area contributed by atoms with Gasteiger partial charge < -0.3 is 0 Å². The average molecular weight is 286 g/mol. The van der Waals surface area contributed by atoms with Crippen molar-refractivity contribution >= 4 is 11.3 Å². The Morgan fingerprint density at radius 3 is 2.85 bits per heavy atom. The van der Waals surface area contributed by atoms with E-state index in [1.807, 2.05) is 6.07 Å². The highest BCUT2D eigenvalue weighted by Gasteiger charge is 2.25. The van der Waals surface area contributed by atoms with Crippen LogP contribution in [0.4, 0.5) is 4.39 Å².